The minimum absolute atomic E-state index is 0.0687. The highest BCUT2D eigenvalue weighted by molar-refractivity contribution is 5.95. The number of hydrogen-bond acceptors (Lipinski definition) is 4. The summed E-state index contributed by atoms with van der Waals surface area (Å²) >= 11 is 0. The minimum atomic E-state index is -0.492. The van der Waals surface area contributed by atoms with Crippen LogP contribution in [0.5, 0.6) is 11.5 Å². The Hall–Kier alpha value is -2.89. The zero-order valence-corrected chi connectivity index (χ0v) is 13.7. The molecule has 0 saturated heterocycles. The van der Waals surface area contributed by atoms with Crippen LogP contribution in [0.1, 0.15) is 29.8 Å². The molecule has 0 aromatic heterocycles. The van der Waals surface area contributed by atoms with Crippen molar-refractivity contribution in [1.29, 1.82) is 0 Å². The van der Waals surface area contributed by atoms with Crippen LogP contribution in [0.15, 0.2) is 47.6 Å². The average Bonchev–Trinajstić information content (AvgIpc) is 2.55. The Labute approximate surface area is 140 Å². The van der Waals surface area contributed by atoms with Crippen LogP contribution in [0.25, 0.3) is 0 Å². The summed E-state index contributed by atoms with van der Waals surface area (Å²) in [5.41, 5.74) is 3.35. The largest absolute Gasteiger partial charge is 0.494 e. The quantitative estimate of drug-likeness (QED) is 0.652. The Bertz CT molecular complexity index is 728. The van der Waals surface area contributed by atoms with Crippen LogP contribution in [0.3, 0.4) is 0 Å². The third kappa shape index (κ3) is 4.81. The number of rotatable bonds is 6. The van der Waals surface area contributed by atoms with E-state index >= 15 is 0 Å². The van der Waals surface area contributed by atoms with Gasteiger partial charge < -0.3 is 9.47 Å². The fourth-order valence-electron chi connectivity index (χ4n) is 1.95. The lowest BCUT2D eigenvalue weighted by Crippen LogP contribution is -2.17. The second kappa shape index (κ2) is 8.10. The van der Waals surface area contributed by atoms with E-state index in [0.717, 1.165) is 0 Å². The highest BCUT2D eigenvalue weighted by Gasteiger charge is 2.05. The van der Waals surface area contributed by atoms with E-state index in [1.54, 1.807) is 30.3 Å². The summed E-state index contributed by atoms with van der Waals surface area (Å²) in [7, 11) is 1.39. The molecule has 126 valence electrons. The number of methoxy groups -OCH3 is 1. The van der Waals surface area contributed by atoms with Crippen molar-refractivity contribution in [3.63, 3.8) is 0 Å². The molecule has 1 N–H and O–H groups in total. The molecular weight excluding hydrogens is 311 g/mol. The van der Waals surface area contributed by atoms with Gasteiger partial charge in [-0.15, -0.1) is 0 Å². The van der Waals surface area contributed by atoms with Crippen molar-refractivity contribution in [1.82, 2.24) is 5.43 Å². The molecule has 0 aliphatic rings. The smallest absolute Gasteiger partial charge is 0.271 e. The Balaban J connectivity index is 1.96. The monoisotopic (exact) mass is 330 g/mol. The Morgan fingerprint density at radius 2 is 1.92 bits per heavy atom. The van der Waals surface area contributed by atoms with Crippen molar-refractivity contribution in [2.24, 2.45) is 5.10 Å². The maximum atomic E-state index is 13.5. The second-order valence-electron chi connectivity index (χ2n) is 5.28. The van der Waals surface area contributed by atoms with Crippen molar-refractivity contribution < 1.29 is 18.7 Å². The summed E-state index contributed by atoms with van der Waals surface area (Å²) < 4.78 is 23.9. The number of ether oxygens (including phenoxy) is 2. The van der Waals surface area contributed by atoms with Crippen LogP contribution in [-0.2, 0) is 0 Å². The summed E-state index contributed by atoms with van der Waals surface area (Å²) in [5, 5.41) is 3.82. The number of carbonyl (C=O) groups is 1. The normalized spacial score (nSPS) is 10.9. The third-order valence-electron chi connectivity index (χ3n) is 3.04. The lowest BCUT2D eigenvalue weighted by Gasteiger charge is -2.09. The zero-order valence-electron chi connectivity index (χ0n) is 13.7. The van der Waals surface area contributed by atoms with Gasteiger partial charge >= 0.3 is 0 Å². The third-order valence-corrected chi connectivity index (χ3v) is 3.04. The minimum Gasteiger partial charge on any atom is -0.494 e. The number of benzene rings is 2. The van der Waals surface area contributed by atoms with Crippen LogP contribution in [0, 0.1) is 5.82 Å². The van der Waals surface area contributed by atoms with Crippen LogP contribution in [0.2, 0.25) is 0 Å². The van der Waals surface area contributed by atoms with Gasteiger partial charge in [0.2, 0.25) is 0 Å². The fraction of sp³-hybridized carbons (Fsp3) is 0.222. The first-order chi connectivity index (χ1) is 11.5. The molecule has 0 aliphatic heterocycles. The molecule has 2 aromatic rings. The molecule has 24 heavy (non-hydrogen) atoms. The van der Waals surface area contributed by atoms with Crippen LogP contribution in [0.4, 0.5) is 4.39 Å². The number of carbonyl (C=O) groups excluding carboxylic acids is 1. The van der Waals surface area contributed by atoms with Gasteiger partial charge in [-0.2, -0.15) is 5.10 Å². The molecule has 0 spiro atoms. The predicted octanol–water partition coefficient (Wildman–Crippen LogP) is 3.39. The SMILES string of the molecule is COc1ccc(/C=N\NC(=O)c2ccc(OC(C)C)cc2)cc1F. The topological polar surface area (TPSA) is 59.9 Å². The molecule has 0 radical (unpaired) electrons. The van der Waals surface area contributed by atoms with E-state index in [9.17, 15) is 9.18 Å². The van der Waals surface area contributed by atoms with Crippen LogP contribution >= 0.6 is 0 Å². The zero-order chi connectivity index (χ0) is 17.5. The van der Waals surface area contributed by atoms with E-state index in [1.165, 1.54) is 25.5 Å². The molecule has 0 fully saturated rings. The Kier molecular flexibility index (Phi) is 5.89. The number of nitrogens with one attached hydrogen (secondary N) is 1. The van der Waals surface area contributed by atoms with Gasteiger partial charge in [0.05, 0.1) is 19.4 Å². The molecule has 0 atom stereocenters. The lowest BCUT2D eigenvalue weighted by molar-refractivity contribution is 0.0955. The summed E-state index contributed by atoms with van der Waals surface area (Å²) in [5.74, 6) is -0.0106. The van der Waals surface area contributed by atoms with Gasteiger partial charge in [-0.25, -0.2) is 9.82 Å². The highest BCUT2D eigenvalue weighted by Crippen LogP contribution is 2.16. The lowest BCUT2D eigenvalue weighted by atomic mass is 10.2. The maximum Gasteiger partial charge on any atom is 0.271 e. The molecular formula is C18H19FN2O3. The molecule has 0 bridgehead atoms. The maximum absolute atomic E-state index is 13.5. The number of hydrazone groups is 1. The molecule has 0 aliphatic carbocycles. The van der Waals surface area contributed by atoms with Gasteiger partial charge in [-0.1, -0.05) is 0 Å². The molecule has 6 heteroatoms. The molecule has 1 amide bonds. The van der Waals surface area contributed by atoms with Gasteiger partial charge in [0, 0.05) is 5.56 Å². The average molecular weight is 330 g/mol. The number of hydrogen-bond donors (Lipinski definition) is 1. The fourth-order valence-corrected chi connectivity index (χ4v) is 1.95. The van der Waals surface area contributed by atoms with Crippen molar-refractivity contribution >= 4 is 12.1 Å². The molecule has 2 aromatic carbocycles. The Morgan fingerprint density at radius 1 is 1.21 bits per heavy atom. The van der Waals surface area contributed by atoms with Gasteiger partial charge in [0.1, 0.15) is 5.75 Å². The first kappa shape index (κ1) is 17.5. The molecule has 2 rings (SSSR count). The standard InChI is InChI=1S/C18H19FN2O3/c1-12(2)24-15-7-5-14(6-8-15)18(22)21-20-11-13-4-9-17(23-3)16(19)10-13/h4-12H,1-3H3,(H,21,22)/b20-11-. The molecule has 5 nitrogen and oxygen atoms in total. The summed E-state index contributed by atoms with van der Waals surface area (Å²) in [6.07, 6.45) is 1.43. The van der Waals surface area contributed by atoms with E-state index in [1.807, 2.05) is 13.8 Å². The van der Waals surface area contributed by atoms with E-state index in [-0.39, 0.29) is 17.8 Å². The highest BCUT2D eigenvalue weighted by atomic mass is 19.1. The second-order valence-corrected chi connectivity index (χ2v) is 5.28. The van der Waals surface area contributed by atoms with Crippen LogP contribution < -0.4 is 14.9 Å². The number of nitrogens with zero attached hydrogens (tertiary/aromatic N) is 1. The Morgan fingerprint density at radius 3 is 2.50 bits per heavy atom. The molecule has 0 unspecified atom stereocenters. The van der Waals surface area contributed by atoms with E-state index in [4.69, 9.17) is 9.47 Å². The van der Waals surface area contributed by atoms with E-state index in [0.29, 0.717) is 16.9 Å². The van der Waals surface area contributed by atoms with Gasteiger partial charge in [-0.3, -0.25) is 4.79 Å². The molecule has 0 heterocycles. The van der Waals surface area contributed by atoms with E-state index < -0.39 is 5.82 Å². The van der Waals surface area contributed by atoms with Crippen molar-refractivity contribution in [2.45, 2.75) is 20.0 Å². The van der Waals surface area contributed by atoms with Crippen molar-refractivity contribution in [2.75, 3.05) is 7.11 Å². The first-order valence-corrected chi connectivity index (χ1v) is 7.43. The van der Waals surface area contributed by atoms with Gasteiger partial charge in [-0.05, 0) is 61.9 Å². The summed E-state index contributed by atoms with van der Waals surface area (Å²) in [4.78, 5) is 12.0. The van der Waals surface area contributed by atoms with E-state index in [2.05, 4.69) is 10.5 Å². The first-order valence-electron chi connectivity index (χ1n) is 7.43. The van der Waals surface area contributed by atoms with Crippen molar-refractivity contribution in [3.05, 3.63) is 59.4 Å². The van der Waals surface area contributed by atoms with Crippen molar-refractivity contribution in [3.8, 4) is 11.5 Å². The molecule has 0 saturated carbocycles. The number of halogens is 1. The van der Waals surface area contributed by atoms with Crippen LogP contribution in [-0.4, -0.2) is 25.3 Å². The van der Waals surface area contributed by atoms with Gasteiger partial charge in [0.15, 0.2) is 11.6 Å². The number of amides is 1. The predicted molar refractivity (Wildman–Crippen MR) is 90.2 cm³/mol. The van der Waals surface area contributed by atoms with Gasteiger partial charge in [0.25, 0.3) is 5.91 Å². The summed E-state index contributed by atoms with van der Waals surface area (Å²) in [6.45, 7) is 3.86. The summed E-state index contributed by atoms with van der Waals surface area (Å²) in [6, 6.07) is 11.1.